The Morgan fingerprint density at radius 3 is 2.00 bits per heavy atom. The lowest BCUT2D eigenvalue weighted by Gasteiger charge is -1.98. The van der Waals surface area contributed by atoms with E-state index < -0.39 is 9.84 Å². The molecule has 0 aromatic rings. The molecular formula is C13H26O2S. The molecule has 0 unspecified atom stereocenters. The molecule has 0 aliphatic carbocycles. The molecule has 0 aliphatic heterocycles. The molecule has 0 saturated heterocycles. The summed E-state index contributed by atoms with van der Waals surface area (Å²) in [5.41, 5.74) is 0. The normalized spacial score (nSPS) is 12.4. The summed E-state index contributed by atoms with van der Waals surface area (Å²) in [6.07, 6.45) is 15.2. The van der Waals surface area contributed by atoms with Crippen LogP contribution in [0.1, 0.15) is 58.3 Å². The highest BCUT2D eigenvalue weighted by Crippen LogP contribution is 2.08. The van der Waals surface area contributed by atoms with E-state index in [4.69, 9.17) is 0 Å². The Bertz CT molecular complexity index is 266. The molecule has 0 aliphatic rings. The van der Waals surface area contributed by atoms with Crippen molar-refractivity contribution in [1.82, 2.24) is 0 Å². The van der Waals surface area contributed by atoms with Gasteiger partial charge in [0.05, 0.1) is 5.75 Å². The van der Waals surface area contributed by atoms with Crippen molar-refractivity contribution < 1.29 is 8.42 Å². The van der Waals surface area contributed by atoms with Gasteiger partial charge < -0.3 is 0 Å². The summed E-state index contributed by atoms with van der Waals surface area (Å²) in [6, 6.07) is 0. The van der Waals surface area contributed by atoms with Crippen molar-refractivity contribution in [3.63, 3.8) is 0 Å². The fourth-order valence-corrected chi connectivity index (χ4v) is 2.07. The minimum atomic E-state index is -2.82. The molecule has 0 aromatic heterocycles. The Labute approximate surface area is 101 Å². The first-order valence-electron chi connectivity index (χ1n) is 6.39. The third kappa shape index (κ3) is 13.7. The van der Waals surface area contributed by atoms with Crippen molar-refractivity contribution in [2.45, 2.75) is 58.3 Å². The lowest BCUT2D eigenvalue weighted by Crippen LogP contribution is -1.98. The fourth-order valence-electron chi connectivity index (χ4n) is 1.58. The smallest absolute Gasteiger partial charge is 0.150 e. The molecule has 3 heteroatoms. The standard InChI is InChI=1S/C13H26O2S/c1-3-4-5-6-7-8-9-10-11-12-13-16(2,14)15/h11-12H,3-10,13H2,1-2H3/b12-11+. The molecule has 0 spiro atoms. The number of rotatable bonds is 10. The third-order valence-electron chi connectivity index (χ3n) is 2.54. The second-order valence-electron chi connectivity index (χ2n) is 4.47. The first kappa shape index (κ1) is 15.7. The lowest BCUT2D eigenvalue weighted by molar-refractivity contribution is 0.592. The number of hydrogen-bond acceptors (Lipinski definition) is 2. The predicted octanol–water partition coefficient (Wildman–Crippen LogP) is 3.73. The van der Waals surface area contributed by atoms with Gasteiger partial charge in [-0.2, -0.15) is 0 Å². The Kier molecular flexibility index (Phi) is 9.69. The van der Waals surface area contributed by atoms with Crippen LogP contribution in [0.4, 0.5) is 0 Å². The van der Waals surface area contributed by atoms with E-state index in [1.165, 1.54) is 51.2 Å². The molecule has 0 heterocycles. The van der Waals surface area contributed by atoms with Crippen LogP contribution < -0.4 is 0 Å². The number of hydrogen-bond donors (Lipinski definition) is 0. The molecular weight excluding hydrogens is 220 g/mol. The summed E-state index contributed by atoms with van der Waals surface area (Å²) in [5, 5.41) is 0. The molecule has 0 N–H and O–H groups in total. The molecule has 0 rings (SSSR count). The minimum Gasteiger partial charge on any atom is -0.229 e. The summed E-state index contributed by atoms with van der Waals surface area (Å²) in [5.74, 6) is 0.184. The highest BCUT2D eigenvalue weighted by Gasteiger charge is 1.95. The van der Waals surface area contributed by atoms with Crippen LogP contribution in [0.2, 0.25) is 0 Å². The fraction of sp³-hybridized carbons (Fsp3) is 0.846. The van der Waals surface area contributed by atoms with Crippen LogP contribution in [0.15, 0.2) is 12.2 Å². The zero-order chi connectivity index (χ0) is 12.3. The molecule has 16 heavy (non-hydrogen) atoms. The maximum absolute atomic E-state index is 10.8. The summed E-state index contributed by atoms with van der Waals surface area (Å²) < 4.78 is 21.6. The van der Waals surface area contributed by atoms with Gasteiger partial charge in [-0.05, 0) is 12.8 Å². The first-order chi connectivity index (χ1) is 7.56. The summed E-state index contributed by atoms with van der Waals surface area (Å²) in [6.45, 7) is 2.23. The molecule has 0 bridgehead atoms. The van der Waals surface area contributed by atoms with Crippen molar-refractivity contribution in [2.24, 2.45) is 0 Å². The van der Waals surface area contributed by atoms with Crippen LogP contribution in [-0.2, 0) is 9.84 Å². The zero-order valence-corrected chi connectivity index (χ0v) is 11.6. The molecule has 96 valence electrons. The second-order valence-corrected chi connectivity index (χ2v) is 6.66. The molecule has 0 aromatic carbocycles. The maximum atomic E-state index is 10.8. The van der Waals surface area contributed by atoms with Gasteiger partial charge in [0.2, 0.25) is 0 Å². The van der Waals surface area contributed by atoms with Gasteiger partial charge in [-0.25, -0.2) is 8.42 Å². The Hall–Kier alpha value is -0.310. The van der Waals surface area contributed by atoms with E-state index in [0.29, 0.717) is 0 Å². The van der Waals surface area contributed by atoms with Crippen LogP contribution >= 0.6 is 0 Å². The van der Waals surface area contributed by atoms with Gasteiger partial charge in [0.15, 0.2) is 9.84 Å². The van der Waals surface area contributed by atoms with Crippen LogP contribution in [0.5, 0.6) is 0 Å². The summed E-state index contributed by atoms with van der Waals surface area (Å²) in [4.78, 5) is 0. The predicted molar refractivity (Wildman–Crippen MR) is 71.5 cm³/mol. The van der Waals surface area contributed by atoms with E-state index in [9.17, 15) is 8.42 Å². The Balaban J connectivity index is 3.21. The highest BCUT2D eigenvalue weighted by atomic mass is 32.2. The van der Waals surface area contributed by atoms with Crippen molar-refractivity contribution >= 4 is 9.84 Å². The number of unbranched alkanes of at least 4 members (excludes halogenated alkanes) is 7. The average molecular weight is 246 g/mol. The number of allylic oxidation sites excluding steroid dienone is 1. The maximum Gasteiger partial charge on any atom is 0.150 e. The van der Waals surface area contributed by atoms with Crippen LogP contribution in [0.3, 0.4) is 0 Å². The van der Waals surface area contributed by atoms with Crippen LogP contribution in [0, 0.1) is 0 Å². The van der Waals surface area contributed by atoms with E-state index in [1.807, 2.05) is 6.08 Å². The molecule has 0 radical (unpaired) electrons. The largest absolute Gasteiger partial charge is 0.229 e. The molecule has 0 fully saturated rings. The van der Waals surface area contributed by atoms with Gasteiger partial charge in [0, 0.05) is 6.26 Å². The van der Waals surface area contributed by atoms with Gasteiger partial charge in [0.1, 0.15) is 0 Å². The van der Waals surface area contributed by atoms with Crippen molar-refractivity contribution in [3.05, 3.63) is 12.2 Å². The average Bonchev–Trinajstić information content (AvgIpc) is 2.19. The molecule has 0 atom stereocenters. The lowest BCUT2D eigenvalue weighted by atomic mass is 10.1. The Morgan fingerprint density at radius 2 is 1.44 bits per heavy atom. The van der Waals surface area contributed by atoms with Gasteiger partial charge in [0.25, 0.3) is 0 Å². The van der Waals surface area contributed by atoms with E-state index in [-0.39, 0.29) is 5.75 Å². The topological polar surface area (TPSA) is 34.1 Å². The van der Waals surface area contributed by atoms with Gasteiger partial charge in [-0.1, -0.05) is 57.6 Å². The van der Waals surface area contributed by atoms with Crippen LogP contribution in [-0.4, -0.2) is 20.4 Å². The van der Waals surface area contributed by atoms with Crippen LogP contribution in [0.25, 0.3) is 0 Å². The Morgan fingerprint density at radius 1 is 0.875 bits per heavy atom. The second kappa shape index (κ2) is 9.88. The summed E-state index contributed by atoms with van der Waals surface area (Å²) >= 11 is 0. The highest BCUT2D eigenvalue weighted by molar-refractivity contribution is 7.90. The monoisotopic (exact) mass is 246 g/mol. The van der Waals surface area contributed by atoms with Gasteiger partial charge in [-0.3, -0.25) is 0 Å². The molecule has 0 amide bonds. The van der Waals surface area contributed by atoms with Gasteiger partial charge in [-0.15, -0.1) is 0 Å². The van der Waals surface area contributed by atoms with E-state index in [2.05, 4.69) is 6.92 Å². The summed E-state index contributed by atoms with van der Waals surface area (Å²) in [7, 11) is -2.82. The molecule has 0 saturated carbocycles. The van der Waals surface area contributed by atoms with E-state index >= 15 is 0 Å². The third-order valence-corrected chi connectivity index (χ3v) is 3.34. The first-order valence-corrected chi connectivity index (χ1v) is 8.45. The zero-order valence-electron chi connectivity index (χ0n) is 10.7. The van der Waals surface area contributed by atoms with E-state index in [0.717, 1.165) is 6.42 Å². The minimum absolute atomic E-state index is 0.184. The molecule has 2 nitrogen and oxygen atoms in total. The van der Waals surface area contributed by atoms with Crippen molar-refractivity contribution in [2.75, 3.05) is 12.0 Å². The van der Waals surface area contributed by atoms with Crippen molar-refractivity contribution in [1.29, 1.82) is 0 Å². The van der Waals surface area contributed by atoms with Gasteiger partial charge >= 0.3 is 0 Å². The quantitative estimate of drug-likeness (QED) is 0.435. The van der Waals surface area contributed by atoms with Crippen molar-refractivity contribution in [3.8, 4) is 0 Å². The SMILES string of the molecule is CCCCCCCCC/C=C/CS(C)(=O)=O. The van der Waals surface area contributed by atoms with E-state index in [1.54, 1.807) is 6.08 Å². The number of sulfone groups is 1.